The summed E-state index contributed by atoms with van der Waals surface area (Å²) in [6.07, 6.45) is 4.45. The summed E-state index contributed by atoms with van der Waals surface area (Å²) in [7, 11) is -3.60. The number of ether oxygens (including phenoxy) is 1. The highest BCUT2D eigenvalue weighted by molar-refractivity contribution is 7.89. The molecule has 1 aromatic heterocycles. The first-order valence-corrected chi connectivity index (χ1v) is 10.4. The molecule has 0 bridgehead atoms. The number of nitrogens with one attached hydrogen (secondary N) is 1. The van der Waals surface area contributed by atoms with E-state index in [1.165, 1.54) is 0 Å². The van der Waals surface area contributed by atoms with E-state index in [2.05, 4.69) is 21.6 Å². The van der Waals surface area contributed by atoms with Gasteiger partial charge in [0, 0.05) is 37.6 Å². The second-order valence-corrected chi connectivity index (χ2v) is 8.89. The Morgan fingerprint density at radius 1 is 1.31 bits per heavy atom. The highest BCUT2D eigenvalue weighted by Gasteiger charge is 2.38. The van der Waals surface area contributed by atoms with E-state index in [0.717, 1.165) is 30.8 Å². The molecule has 140 valence electrons. The van der Waals surface area contributed by atoms with E-state index in [4.69, 9.17) is 4.74 Å². The lowest BCUT2D eigenvalue weighted by Crippen LogP contribution is -2.45. The van der Waals surface area contributed by atoms with Crippen LogP contribution >= 0.6 is 0 Å². The zero-order chi connectivity index (χ0) is 18.3. The zero-order valence-electron chi connectivity index (χ0n) is 15.0. The fourth-order valence-electron chi connectivity index (χ4n) is 3.85. The van der Waals surface area contributed by atoms with Gasteiger partial charge in [0.2, 0.25) is 10.0 Å². The zero-order valence-corrected chi connectivity index (χ0v) is 15.8. The summed E-state index contributed by atoms with van der Waals surface area (Å²) < 4.78 is 36.3. The monoisotopic (exact) mass is 376 g/mol. The number of aryl methyl sites for hydroxylation is 1. The first-order chi connectivity index (χ1) is 12.4. The summed E-state index contributed by atoms with van der Waals surface area (Å²) in [5, 5.41) is 4.18. The van der Waals surface area contributed by atoms with Crippen molar-refractivity contribution < 1.29 is 13.2 Å². The second-order valence-electron chi connectivity index (χ2n) is 7.21. The molecule has 0 saturated carbocycles. The fraction of sp³-hybridized carbons (Fsp3) is 0.500. The van der Waals surface area contributed by atoms with Crippen LogP contribution < -0.4 is 4.72 Å². The first kappa shape index (κ1) is 17.7. The lowest BCUT2D eigenvalue weighted by atomic mass is 10.2. The number of rotatable bonds is 4. The molecule has 3 atom stereocenters. The van der Waals surface area contributed by atoms with E-state index in [9.17, 15) is 8.42 Å². The largest absolute Gasteiger partial charge is 0.376 e. The fourth-order valence-corrected chi connectivity index (χ4v) is 5.35. The number of aromatic nitrogens is 2. The molecule has 4 rings (SSSR count). The topological polar surface area (TPSA) is 76.5 Å². The summed E-state index contributed by atoms with van der Waals surface area (Å²) in [4.78, 5) is 2.63. The van der Waals surface area contributed by atoms with Crippen LogP contribution in [-0.4, -0.2) is 61.0 Å². The van der Waals surface area contributed by atoms with Gasteiger partial charge < -0.3 is 4.74 Å². The number of hydrogen-bond acceptors (Lipinski definition) is 5. The summed E-state index contributed by atoms with van der Waals surface area (Å²) in [6.45, 7) is 6.13. The maximum absolute atomic E-state index is 13.0. The third-order valence-corrected chi connectivity index (χ3v) is 6.81. The average Bonchev–Trinajstić information content (AvgIpc) is 3.23. The highest BCUT2D eigenvalue weighted by Crippen LogP contribution is 2.25. The molecule has 0 unspecified atom stereocenters. The molecule has 8 heteroatoms. The number of fused-ring (bicyclic) bond motifs is 1. The maximum atomic E-state index is 13.0. The van der Waals surface area contributed by atoms with Crippen LogP contribution in [-0.2, 0) is 14.8 Å². The standard InChI is InChI=1S/C18H24N4O3S/c1-13-4-5-16(22-7-3-6-19-22)9-18(13)26(23,24)20-15-8-17-12-25-14(2)10-21(17)11-15/h3-7,9,14-15,17,20H,8,10-12H2,1-2H3/t14-,15-,17-/m0/s1. The molecule has 7 nitrogen and oxygen atoms in total. The molecule has 1 N–H and O–H groups in total. The molecule has 2 fully saturated rings. The van der Waals surface area contributed by atoms with Crippen molar-refractivity contribution in [1.29, 1.82) is 0 Å². The predicted molar refractivity (Wildman–Crippen MR) is 97.8 cm³/mol. The molecule has 2 aliphatic rings. The minimum atomic E-state index is -3.60. The van der Waals surface area contributed by atoms with Crippen LogP contribution in [0.5, 0.6) is 0 Å². The molecule has 3 heterocycles. The van der Waals surface area contributed by atoms with Gasteiger partial charge in [0.25, 0.3) is 0 Å². The molecule has 2 saturated heterocycles. The lowest BCUT2D eigenvalue weighted by molar-refractivity contribution is -0.0390. The van der Waals surface area contributed by atoms with Crippen LogP contribution in [0.15, 0.2) is 41.6 Å². The summed E-state index contributed by atoms with van der Waals surface area (Å²) in [6, 6.07) is 7.39. The minimum Gasteiger partial charge on any atom is -0.376 e. The molecule has 0 radical (unpaired) electrons. The Hall–Kier alpha value is -1.74. The highest BCUT2D eigenvalue weighted by atomic mass is 32.2. The van der Waals surface area contributed by atoms with Crippen LogP contribution in [0.25, 0.3) is 5.69 Å². The van der Waals surface area contributed by atoms with Gasteiger partial charge in [0.1, 0.15) is 0 Å². The molecule has 2 aliphatic heterocycles. The van der Waals surface area contributed by atoms with Gasteiger partial charge >= 0.3 is 0 Å². The molecule has 1 aromatic carbocycles. The third-order valence-electron chi connectivity index (χ3n) is 5.14. The molecule has 0 amide bonds. The van der Waals surface area contributed by atoms with Crippen LogP contribution in [0.3, 0.4) is 0 Å². The molecular weight excluding hydrogens is 352 g/mol. The van der Waals surface area contributed by atoms with Gasteiger partial charge in [0.15, 0.2) is 0 Å². The van der Waals surface area contributed by atoms with Crippen molar-refractivity contribution in [3.63, 3.8) is 0 Å². The lowest BCUT2D eigenvalue weighted by Gasteiger charge is -2.33. The number of sulfonamides is 1. The van der Waals surface area contributed by atoms with Crippen LogP contribution in [0.1, 0.15) is 18.9 Å². The van der Waals surface area contributed by atoms with Crippen LogP contribution in [0.2, 0.25) is 0 Å². The van der Waals surface area contributed by atoms with Crippen molar-refractivity contribution in [1.82, 2.24) is 19.4 Å². The van der Waals surface area contributed by atoms with Gasteiger partial charge in [-0.1, -0.05) is 6.07 Å². The van der Waals surface area contributed by atoms with E-state index in [-0.39, 0.29) is 12.1 Å². The Kier molecular flexibility index (Phi) is 4.60. The van der Waals surface area contributed by atoms with Crippen LogP contribution in [0, 0.1) is 6.92 Å². The van der Waals surface area contributed by atoms with Crippen molar-refractivity contribution in [2.24, 2.45) is 0 Å². The second kappa shape index (κ2) is 6.77. The smallest absolute Gasteiger partial charge is 0.241 e. The number of benzene rings is 1. The van der Waals surface area contributed by atoms with E-state index in [1.807, 2.05) is 25.1 Å². The van der Waals surface area contributed by atoms with Crippen molar-refractivity contribution in [2.45, 2.75) is 43.4 Å². The predicted octanol–water partition coefficient (Wildman–Crippen LogP) is 1.32. The summed E-state index contributed by atoms with van der Waals surface area (Å²) >= 11 is 0. The van der Waals surface area contributed by atoms with Gasteiger partial charge in [-0.15, -0.1) is 0 Å². The molecule has 0 aliphatic carbocycles. The third kappa shape index (κ3) is 3.42. The minimum absolute atomic E-state index is 0.0911. The molecular formula is C18H24N4O3S. The normalized spacial score (nSPS) is 26.8. The Balaban J connectivity index is 1.55. The van der Waals surface area contributed by atoms with Crippen molar-refractivity contribution in [3.05, 3.63) is 42.2 Å². The van der Waals surface area contributed by atoms with Crippen molar-refractivity contribution in [2.75, 3.05) is 19.7 Å². The Labute approximate surface area is 154 Å². The maximum Gasteiger partial charge on any atom is 0.241 e. The van der Waals surface area contributed by atoms with Crippen LogP contribution in [0.4, 0.5) is 0 Å². The van der Waals surface area contributed by atoms with E-state index in [0.29, 0.717) is 17.5 Å². The van der Waals surface area contributed by atoms with Gasteiger partial charge in [0.05, 0.1) is 23.3 Å². The van der Waals surface area contributed by atoms with Gasteiger partial charge in [-0.25, -0.2) is 17.8 Å². The number of nitrogens with zero attached hydrogens (tertiary/aromatic N) is 3. The molecule has 0 spiro atoms. The van der Waals surface area contributed by atoms with Crippen molar-refractivity contribution >= 4 is 10.0 Å². The first-order valence-electron chi connectivity index (χ1n) is 8.91. The van der Waals surface area contributed by atoms with Gasteiger partial charge in [-0.2, -0.15) is 5.10 Å². The summed E-state index contributed by atoms with van der Waals surface area (Å²) in [5.41, 5.74) is 1.45. The molecule has 2 aromatic rings. The van der Waals surface area contributed by atoms with Gasteiger partial charge in [-0.3, -0.25) is 4.90 Å². The SMILES string of the molecule is Cc1ccc(-n2cccn2)cc1S(=O)(=O)N[C@H]1C[C@H]2CO[C@@H](C)CN2C1. The van der Waals surface area contributed by atoms with E-state index in [1.54, 1.807) is 23.1 Å². The average molecular weight is 376 g/mol. The Morgan fingerprint density at radius 2 is 2.15 bits per heavy atom. The number of morpholine rings is 1. The van der Waals surface area contributed by atoms with Crippen molar-refractivity contribution in [3.8, 4) is 5.69 Å². The Morgan fingerprint density at radius 3 is 2.92 bits per heavy atom. The number of hydrogen-bond donors (Lipinski definition) is 1. The Bertz CT molecular complexity index is 882. The summed E-state index contributed by atoms with van der Waals surface area (Å²) in [5.74, 6) is 0. The van der Waals surface area contributed by atoms with Gasteiger partial charge in [-0.05, 0) is 44.0 Å². The van der Waals surface area contributed by atoms with E-state index < -0.39 is 10.0 Å². The quantitative estimate of drug-likeness (QED) is 0.871. The van der Waals surface area contributed by atoms with E-state index >= 15 is 0 Å². The molecule has 26 heavy (non-hydrogen) atoms.